The van der Waals surface area contributed by atoms with E-state index in [2.05, 4.69) is 287 Å². The maximum atomic E-state index is 2.56. The SMILES string of the molecule is CC(C)(C)[Si](c1ccccc1)(C(C)(C)C)[Si](c1ccccc1)(C(C)(C)C)C(C)(C)C.CC(C)(C)[Si](c1ccccc1)(C(C)(C)C)[Si](c1ccccc1)(C(C)(C)C)C(C)(C)C. The highest BCUT2D eigenvalue weighted by Crippen LogP contribution is 2.68. The molecule has 0 heterocycles. The molecule has 0 aliphatic carbocycles. The molecule has 332 valence electrons. The average Bonchev–Trinajstić information content (AvgIpc) is 3.06. The van der Waals surface area contributed by atoms with E-state index in [1.54, 1.807) is 20.7 Å². The fourth-order valence-electron chi connectivity index (χ4n) is 16.1. The molecule has 60 heavy (non-hydrogen) atoms. The predicted molar refractivity (Wildman–Crippen MR) is 285 cm³/mol. The van der Waals surface area contributed by atoms with E-state index in [1.807, 2.05) is 0 Å². The smallest absolute Gasteiger partial charge is 0.0632 e. The van der Waals surface area contributed by atoms with Crippen LogP contribution in [0.5, 0.6) is 0 Å². The summed E-state index contributed by atoms with van der Waals surface area (Å²) >= 11 is 0. The van der Waals surface area contributed by atoms with E-state index in [1.165, 1.54) is 0 Å². The Balaban J connectivity index is 0.000000320. The molecule has 0 atom stereocenters. The summed E-state index contributed by atoms with van der Waals surface area (Å²) in [5.74, 6) is 0. The molecule has 4 aromatic rings. The van der Waals surface area contributed by atoms with Gasteiger partial charge in [-0.25, -0.2) is 0 Å². The van der Waals surface area contributed by atoms with Gasteiger partial charge in [0.25, 0.3) is 0 Å². The normalized spacial score (nSPS) is 14.7. The van der Waals surface area contributed by atoms with Crippen molar-refractivity contribution in [3.8, 4) is 0 Å². The van der Waals surface area contributed by atoms with Gasteiger partial charge in [0.05, 0.1) is 30.4 Å². The fraction of sp³-hybridized carbons (Fsp3) is 0.571. The number of hydrogen-bond donors (Lipinski definition) is 0. The first-order chi connectivity index (χ1) is 26.9. The Morgan fingerprint density at radius 2 is 0.283 bits per heavy atom. The molecule has 4 aromatic carbocycles. The van der Waals surface area contributed by atoms with Crippen LogP contribution in [0.1, 0.15) is 166 Å². The predicted octanol–water partition coefficient (Wildman–Crippen LogP) is 16.0. The van der Waals surface area contributed by atoms with E-state index in [0.717, 1.165) is 0 Å². The van der Waals surface area contributed by atoms with Crippen molar-refractivity contribution in [2.75, 3.05) is 0 Å². The fourth-order valence-corrected chi connectivity index (χ4v) is 79.7. The van der Waals surface area contributed by atoms with Crippen LogP contribution in [0.2, 0.25) is 40.3 Å². The highest BCUT2D eigenvalue weighted by Gasteiger charge is 2.76. The lowest BCUT2D eigenvalue weighted by Crippen LogP contribution is -2.87. The molecule has 0 aromatic heterocycles. The van der Waals surface area contributed by atoms with Crippen LogP contribution < -0.4 is 20.7 Å². The van der Waals surface area contributed by atoms with Crippen molar-refractivity contribution >= 4 is 51.1 Å². The second-order valence-electron chi connectivity index (χ2n) is 26.5. The van der Waals surface area contributed by atoms with Gasteiger partial charge in [0.1, 0.15) is 0 Å². The highest BCUT2D eigenvalue weighted by molar-refractivity contribution is 7.55. The standard InChI is InChI=1S/2C28H46Si2/c2*1-25(2,3)29(26(4,5)6,23-19-15-13-16-20-23)30(27(7,8)9,28(10,11)12)24-21-17-14-18-22-24/h2*13-22H,1-12H3. The van der Waals surface area contributed by atoms with Gasteiger partial charge in [-0.2, -0.15) is 0 Å². The molecule has 0 aliphatic rings. The topological polar surface area (TPSA) is 0 Å². The first-order valence-electron chi connectivity index (χ1n) is 23.1. The Labute approximate surface area is 376 Å². The first kappa shape index (κ1) is 52.1. The molecule has 0 nitrogen and oxygen atoms in total. The first-order valence-corrected chi connectivity index (χ1v) is 33.1. The molecule has 0 fully saturated rings. The molecular formula is C56H92Si4. The average molecular weight is 878 g/mol. The van der Waals surface area contributed by atoms with E-state index in [4.69, 9.17) is 0 Å². The van der Waals surface area contributed by atoms with Crippen molar-refractivity contribution in [2.24, 2.45) is 0 Å². The summed E-state index contributed by atoms with van der Waals surface area (Å²) < 4.78 is 0. The van der Waals surface area contributed by atoms with Crippen molar-refractivity contribution in [3.63, 3.8) is 0 Å². The van der Waals surface area contributed by atoms with E-state index in [9.17, 15) is 0 Å². The third kappa shape index (κ3) is 8.09. The van der Waals surface area contributed by atoms with Crippen molar-refractivity contribution in [3.05, 3.63) is 121 Å². The van der Waals surface area contributed by atoms with Crippen LogP contribution in [0, 0.1) is 0 Å². The van der Waals surface area contributed by atoms with Gasteiger partial charge in [-0.3, -0.25) is 0 Å². The zero-order chi connectivity index (χ0) is 46.5. The van der Waals surface area contributed by atoms with Crippen molar-refractivity contribution in [2.45, 2.75) is 206 Å². The maximum absolute atomic E-state index is 2.56. The van der Waals surface area contributed by atoms with Gasteiger partial charge < -0.3 is 0 Å². The molecular weight excluding hydrogens is 785 g/mol. The number of hydrogen-bond acceptors (Lipinski definition) is 0. The van der Waals surface area contributed by atoms with Crippen molar-refractivity contribution < 1.29 is 0 Å². The Bertz CT molecular complexity index is 1590. The zero-order valence-corrected chi connectivity index (χ0v) is 47.5. The molecule has 0 aliphatic heterocycles. The third-order valence-electron chi connectivity index (χ3n) is 15.0. The van der Waals surface area contributed by atoms with Crippen LogP contribution in [-0.4, -0.2) is 30.4 Å². The van der Waals surface area contributed by atoms with Gasteiger partial charge in [-0.05, 0) is 40.3 Å². The van der Waals surface area contributed by atoms with Crippen LogP contribution in [0.25, 0.3) is 0 Å². The summed E-state index contributed by atoms with van der Waals surface area (Å²) in [4.78, 5) is 0. The van der Waals surface area contributed by atoms with Crippen molar-refractivity contribution in [1.82, 2.24) is 0 Å². The summed E-state index contributed by atoms with van der Waals surface area (Å²) in [6, 6.07) is 46.8. The van der Waals surface area contributed by atoms with Gasteiger partial charge in [0.15, 0.2) is 0 Å². The van der Waals surface area contributed by atoms with Crippen LogP contribution in [0.3, 0.4) is 0 Å². The number of benzene rings is 4. The Morgan fingerprint density at radius 3 is 0.367 bits per heavy atom. The van der Waals surface area contributed by atoms with Crippen molar-refractivity contribution in [1.29, 1.82) is 0 Å². The molecule has 4 rings (SSSR count). The molecule has 0 saturated carbocycles. The van der Waals surface area contributed by atoms with Crippen LogP contribution in [0.15, 0.2) is 121 Å². The highest BCUT2D eigenvalue weighted by atomic mass is 29.3. The minimum absolute atomic E-state index is 0.204. The molecule has 0 spiro atoms. The Hall–Kier alpha value is -2.25. The van der Waals surface area contributed by atoms with E-state index >= 15 is 0 Å². The van der Waals surface area contributed by atoms with E-state index < -0.39 is 30.4 Å². The van der Waals surface area contributed by atoms with Crippen LogP contribution in [-0.2, 0) is 0 Å². The molecule has 4 heteroatoms. The van der Waals surface area contributed by atoms with E-state index in [-0.39, 0.29) is 40.3 Å². The van der Waals surface area contributed by atoms with Gasteiger partial charge in [-0.1, -0.05) is 308 Å². The molecule has 0 amide bonds. The van der Waals surface area contributed by atoms with Crippen LogP contribution in [0.4, 0.5) is 0 Å². The molecule has 0 radical (unpaired) electrons. The summed E-state index contributed by atoms with van der Waals surface area (Å²) in [5, 5.41) is 8.20. The summed E-state index contributed by atoms with van der Waals surface area (Å²) in [6.07, 6.45) is 0. The van der Waals surface area contributed by atoms with Gasteiger partial charge in [0.2, 0.25) is 0 Å². The number of rotatable bonds is 6. The lowest BCUT2D eigenvalue weighted by Gasteiger charge is -2.70. The van der Waals surface area contributed by atoms with Crippen LogP contribution >= 0.6 is 0 Å². The zero-order valence-electron chi connectivity index (χ0n) is 43.5. The maximum Gasteiger partial charge on any atom is 0.0969 e. The quantitative estimate of drug-likeness (QED) is 0.169. The van der Waals surface area contributed by atoms with Gasteiger partial charge in [-0.15, -0.1) is 0 Å². The lowest BCUT2D eigenvalue weighted by atomic mass is 10.2. The molecule has 0 unspecified atom stereocenters. The van der Waals surface area contributed by atoms with E-state index in [0.29, 0.717) is 0 Å². The Kier molecular flexibility index (Phi) is 14.8. The lowest BCUT2D eigenvalue weighted by molar-refractivity contribution is 0.597. The largest absolute Gasteiger partial charge is 0.0969 e. The summed E-state index contributed by atoms with van der Waals surface area (Å²) in [7, 11) is -8.91. The van der Waals surface area contributed by atoms with Gasteiger partial charge >= 0.3 is 0 Å². The third-order valence-corrected chi connectivity index (χ3v) is 68.2. The summed E-state index contributed by atoms with van der Waals surface area (Å²) in [5.41, 5.74) is 0. The molecule has 0 bridgehead atoms. The second kappa shape index (κ2) is 17.0. The monoisotopic (exact) mass is 877 g/mol. The molecule has 0 saturated heterocycles. The summed E-state index contributed by atoms with van der Waals surface area (Å²) in [6.45, 7) is 61.3. The minimum Gasteiger partial charge on any atom is -0.0632 e. The Morgan fingerprint density at radius 1 is 0.183 bits per heavy atom. The van der Waals surface area contributed by atoms with Gasteiger partial charge in [0, 0.05) is 0 Å². The second-order valence-corrected chi connectivity index (χ2v) is 55.8. The minimum atomic E-state index is -2.23. The molecule has 0 N–H and O–H groups in total.